The maximum Gasteiger partial charge on any atom is 0.282 e. The fourth-order valence-corrected chi connectivity index (χ4v) is 3.86. The summed E-state index contributed by atoms with van der Waals surface area (Å²) in [5.74, 6) is -0.764. The van der Waals surface area contributed by atoms with E-state index in [4.69, 9.17) is 11.6 Å². The molecule has 2 amide bonds. The Kier molecular flexibility index (Phi) is 5.18. The second-order valence-corrected chi connectivity index (χ2v) is 7.87. The van der Waals surface area contributed by atoms with Crippen LogP contribution in [-0.4, -0.2) is 11.8 Å². The number of aryl methyl sites for hydroxylation is 3. The van der Waals surface area contributed by atoms with Gasteiger partial charge in [0.25, 0.3) is 11.8 Å². The smallest absolute Gasteiger partial charge is 0.282 e. The first kappa shape index (κ1) is 19.9. The molecule has 1 aliphatic heterocycles. The number of carbonyl (C=O) groups is 2. The van der Waals surface area contributed by atoms with Crippen LogP contribution < -0.4 is 10.2 Å². The molecule has 3 aromatic carbocycles. The van der Waals surface area contributed by atoms with Gasteiger partial charge in [-0.15, -0.1) is 0 Å². The molecule has 30 heavy (non-hydrogen) atoms. The second-order valence-electron chi connectivity index (χ2n) is 7.44. The minimum Gasteiger partial charge on any atom is -0.350 e. The van der Waals surface area contributed by atoms with Crippen molar-refractivity contribution in [1.29, 1.82) is 0 Å². The molecule has 0 aliphatic carbocycles. The molecule has 1 aliphatic rings. The number of benzene rings is 3. The van der Waals surface area contributed by atoms with Crippen molar-refractivity contribution < 1.29 is 9.59 Å². The van der Waals surface area contributed by atoms with E-state index in [9.17, 15) is 9.59 Å². The van der Waals surface area contributed by atoms with Gasteiger partial charge in [0, 0.05) is 10.7 Å². The van der Waals surface area contributed by atoms with Crippen LogP contribution in [0, 0.1) is 20.8 Å². The number of hydrogen-bond donors (Lipinski definition) is 1. The van der Waals surface area contributed by atoms with Crippen LogP contribution in [0.15, 0.2) is 72.4 Å². The summed E-state index contributed by atoms with van der Waals surface area (Å²) in [6.07, 6.45) is 0. The Balaban J connectivity index is 1.89. The van der Waals surface area contributed by atoms with Gasteiger partial charge in [-0.2, -0.15) is 0 Å². The molecule has 1 N–H and O–H groups in total. The van der Waals surface area contributed by atoms with Crippen LogP contribution in [0.2, 0.25) is 5.02 Å². The SMILES string of the molecule is Cc1ccc(C2=C(Nc3ccccc3)C(=O)N(c3cc(Cl)ccc3C)C2=O)c(C)c1. The quantitative estimate of drug-likeness (QED) is 0.558. The maximum absolute atomic E-state index is 13.6. The molecule has 1 heterocycles. The van der Waals surface area contributed by atoms with Gasteiger partial charge in [0.1, 0.15) is 5.70 Å². The molecule has 4 nitrogen and oxygen atoms in total. The van der Waals surface area contributed by atoms with Crippen molar-refractivity contribution in [3.63, 3.8) is 0 Å². The Hall–Kier alpha value is -3.37. The molecule has 0 radical (unpaired) electrons. The van der Waals surface area contributed by atoms with Crippen LogP contribution in [0.3, 0.4) is 0 Å². The van der Waals surface area contributed by atoms with E-state index in [1.165, 1.54) is 4.90 Å². The van der Waals surface area contributed by atoms with E-state index in [0.717, 1.165) is 27.9 Å². The zero-order chi connectivity index (χ0) is 21.4. The standard InChI is InChI=1S/C25H21ClN2O2/c1-15-9-12-20(17(3)13-15)22-23(27-19-7-5-4-6-8-19)25(30)28(24(22)29)21-14-18(26)11-10-16(21)2/h4-14,27H,1-3H3. The molecule has 4 rings (SSSR count). The van der Waals surface area contributed by atoms with E-state index in [1.54, 1.807) is 18.2 Å². The van der Waals surface area contributed by atoms with Crippen LogP contribution in [-0.2, 0) is 9.59 Å². The minimum atomic E-state index is -0.399. The Morgan fingerprint density at radius 2 is 1.53 bits per heavy atom. The summed E-state index contributed by atoms with van der Waals surface area (Å²) < 4.78 is 0. The van der Waals surface area contributed by atoms with Crippen molar-refractivity contribution in [1.82, 2.24) is 0 Å². The monoisotopic (exact) mass is 416 g/mol. The minimum absolute atomic E-state index is 0.262. The van der Waals surface area contributed by atoms with Crippen molar-refractivity contribution in [2.75, 3.05) is 10.2 Å². The van der Waals surface area contributed by atoms with Crippen molar-refractivity contribution in [2.24, 2.45) is 0 Å². The number of halogens is 1. The van der Waals surface area contributed by atoms with Gasteiger partial charge in [-0.05, 0) is 61.7 Å². The van der Waals surface area contributed by atoms with E-state index in [0.29, 0.717) is 16.3 Å². The zero-order valence-corrected chi connectivity index (χ0v) is 17.7. The largest absolute Gasteiger partial charge is 0.350 e. The summed E-state index contributed by atoms with van der Waals surface area (Å²) in [6, 6.07) is 20.4. The predicted molar refractivity (Wildman–Crippen MR) is 122 cm³/mol. The molecule has 0 aromatic heterocycles. The average molecular weight is 417 g/mol. The Labute approximate surface area is 180 Å². The summed E-state index contributed by atoms with van der Waals surface area (Å²) in [4.78, 5) is 28.3. The lowest BCUT2D eigenvalue weighted by molar-refractivity contribution is -0.120. The molecule has 5 heteroatoms. The van der Waals surface area contributed by atoms with Gasteiger partial charge < -0.3 is 5.32 Å². The molecule has 0 bridgehead atoms. The van der Waals surface area contributed by atoms with Gasteiger partial charge >= 0.3 is 0 Å². The highest BCUT2D eigenvalue weighted by Crippen LogP contribution is 2.37. The Morgan fingerprint density at radius 1 is 0.800 bits per heavy atom. The first-order valence-corrected chi connectivity index (χ1v) is 10.0. The normalized spacial score (nSPS) is 13.9. The lowest BCUT2D eigenvalue weighted by atomic mass is 9.97. The number of anilines is 2. The number of nitrogens with one attached hydrogen (secondary N) is 1. The molecule has 0 saturated heterocycles. The van der Waals surface area contributed by atoms with Crippen LogP contribution >= 0.6 is 11.6 Å². The van der Waals surface area contributed by atoms with Crippen molar-refractivity contribution in [2.45, 2.75) is 20.8 Å². The number of para-hydroxylation sites is 1. The lowest BCUT2D eigenvalue weighted by Crippen LogP contribution is -2.33. The number of rotatable bonds is 4. The molecular weight excluding hydrogens is 396 g/mol. The number of amides is 2. The Bertz CT molecular complexity index is 1200. The average Bonchev–Trinajstić information content (AvgIpc) is 2.95. The number of carbonyl (C=O) groups excluding carboxylic acids is 2. The van der Waals surface area contributed by atoms with Gasteiger partial charge in [-0.1, -0.05) is 59.6 Å². The van der Waals surface area contributed by atoms with E-state index in [2.05, 4.69) is 5.32 Å². The summed E-state index contributed by atoms with van der Waals surface area (Å²) in [5, 5.41) is 3.65. The van der Waals surface area contributed by atoms with Gasteiger partial charge in [-0.3, -0.25) is 9.59 Å². The molecule has 150 valence electrons. The van der Waals surface area contributed by atoms with Gasteiger partial charge in [0.05, 0.1) is 11.3 Å². The summed E-state index contributed by atoms with van der Waals surface area (Å²) in [6.45, 7) is 5.80. The van der Waals surface area contributed by atoms with E-state index >= 15 is 0 Å². The number of nitrogens with zero attached hydrogens (tertiary/aromatic N) is 1. The van der Waals surface area contributed by atoms with Crippen LogP contribution in [0.4, 0.5) is 11.4 Å². The first-order chi connectivity index (χ1) is 14.4. The summed E-state index contributed by atoms with van der Waals surface area (Å²) in [7, 11) is 0. The zero-order valence-electron chi connectivity index (χ0n) is 17.0. The highest BCUT2D eigenvalue weighted by atomic mass is 35.5. The van der Waals surface area contributed by atoms with E-state index in [-0.39, 0.29) is 11.6 Å². The molecule has 0 spiro atoms. The van der Waals surface area contributed by atoms with Gasteiger partial charge in [0.2, 0.25) is 0 Å². The molecule has 0 saturated carbocycles. The fraction of sp³-hybridized carbons (Fsp3) is 0.120. The third-order valence-corrected chi connectivity index (χ3v) is 5.43. The molecule has 0 unspecified atom stereocenters. The highest BCUT2D eigenvalue weighted by molar-refractivity contribution is 6.46. The fourth-order valence-electron chi connectivity index (χ4n) is 3.70. The Morgan fingerprint density at radius 3 is 2.23 bits per heavy atom. The second kappa shape index (κ2) is 7.81. The predicted octanol–water partition coefficient (Wildman–Crippen LogP) is 5.66. The molecule has 3 aromatic rings. The van der Waals surface area contributed by atoms with Crippen molar-refractivity contribution in [3.05, 3.63) is 99.7 Å². The molecule has 0 atom stereocenters. The highest BCUT2D eigenvalue weighted by Gasteiger charge is 2.41. The van der Waals surface area contributed by atoms with Gasteiger partial charge in [-0.25, -0.2) is 4.90 Å². The summed E-state index contributed by atoms with van der Waals surface area (Å²) >= 11 is 6.17. The van der Waals surface area contributed by atoms with E-state index < -0.39 is 5.91 Å². The third-order valence-electron chi connectivity index (χ3n) is 5.19. The van der Waals surface area contributed by atoms with E-state index in [1.807, 2.05) is 69.3 Å². The van der Waals surface area contributed by atoms with Crippen LogP contribution in [0.1, 0.15) is 22.3 Å². The van der Waals surface area contributed by atoms with Gasteiger partial charge in [0.15, 0.2) is 0 Å². The molecular formula is C25H21ClN2O2. The number of imide groups is 1. The third kappa shape index (κ3) is 3.51. The maximum atomic E-state index is 13.6. The van der Waals surface area contributed by atoms with Crippen LogP contribution in [0.25, 0.3) is 5.57 Å². The lowest BCUT2D eigenvalue weighted by Gasteiger charge is -2.18. The van der Waals surface area contributed by atoms with Crippen molar-refractivity contribution in [3.8, 4) is 0 Å². The first-order valence-electron chi connectivity index (χ1n) is 9.65. The summed E-state index contributed by atoms with van der Waals surface area (Å²) in [5.41, 5.74) is 5.40. The molecule has 0 fully saturated rings. The topological polar surface area (TPSA) is 49.4 Å². The number of hydrogen-bond acceptors (Lipinski definition) is 3. The van der Waals surface area contributed by atoms with Crippen LogP contribution in [0.5, 0.6) is 0 Å². The van der Waals surface area contributed by atoms with Crippen molar-refractivity contribution >= 4 is 40.4 Å².